The molecular formula is C15H14O5. The smallest absolute Gasteiger partial charge is 0.348 e. The zero-order chi connectivity index (χ0) is 14.6. The van der Waals surface area contributed by atoms with Gasteiger partial charge in [-0.15, -0.1) is 0 Å². The third-order valence-electron chi connectivity index (χ3n) is 2.41. The maximum absolute atomic E-state index is 11.6. The first kappa shape index (κ1) is 13.9. The highest BCUT2D eigenvalue weighted by atomic mass is 16.7. The lowest BCUT2D eigenvalue weighted by atomic mass is 10.2. The monoisotopic (exact) mass is 274 g/mol. The van der Waals surface area contributed by atoms with Crippen LogP contribution in [-0.2, 0) is 19.1 Å². The third-order valence-corrected chi connectivity index (χ3v) is 2.41. The number of esters is 2. The van der Waals surface area contributed by atoms with E-state index in [1.54, 1.807) is 42.7 Å². The average Bonchev–Trinajstić information content (AvgIpc) is 2.83. The number of cyclic esters (lactones) is 2. The second kappa shape index (κ2) is 5.61. The molecule has 2 heterocycles. The quantitative estimate of drug-likeness (QED) is 0.367. The molecule has 5 nitrogen and oxygen atoms in total. The summed E-state index contributed by atoms with van der Waals surface area (Å²) in [4.78, 5) is 23.2. The Bertz CT molecular complexity index is 566. The van der Waals surface area contributed by atoms with Crippen molar-refractivity contribution < 1.29 is 23.5 Å². The van der Waals surface area contributed by atoms with E-state index >= 15 is 0 Å². The van der Waals surface area contributed by atoms with Crippen LogP contribution < -0.4 is 0 Å². The van der Waals surface area contributed by atoms with E-state index < -0.39 is 17.7 Å². The molecule has 1 aliphatic rings. The summed E-state index contributed by atoms with van der Waals surface area (Å²) in [5, 5.41) is 0. The highest BCUT2D eigenvalue weighted by molar-refractivity contribution is 6.15. The Labute approximate surface area is 116 Å². The Kier molecular flexibility index (Phi) is 3.89. The van der Waals surface area contributed by atoms with Gasteiger partial charge in [0.15, 0.2) is 0 Å². The molecule has 0 spiro atoms. The fourth-order valence-electron chi connectivity index (χ4n) is 1.55. The predicted molar refractivity (Wildman–Crippen MR) is 71.2 cm³/mol. The Hall–Kier alpha value is -2.56. The standard InChI is InChI=1S/C15H14O5/c1-15(2)19-13(16)12(14(17)20-15)9-5-3-4-7-11-8-6-10-18-11/h3-10H,1-2H3. The fourth-order valence-corrected chi connectivity index (χ4v) is 1.55. The molecule has 1 fully saturated rings. The van der Waals surface area contributed by atoms with Gasteiger partial charge in [0.2, 0.25) is 0 Å². The van der Waals surface area contributed by atoms with Crippen LogP contribution in [0.5, 0.6) is 0 Å². The zero-order valence-corrected chi connectivity index (χ0v) is 11.2. The molecule has 0 amide bonds. The predicted octanol–water partition coefficient (Wildman–Crippen LogP) is 2.61. The van der Waals surface area contributed by atoms with Gasteiger partial charge in [-0.1, -0.05) is 18.2 Å². The molecular weight excluding hydrogens is 260 g/mol. The van der Waals surface area contributed by atoms with Gasteiger partial charge in [-0.3, -0.25) is 0 Å². The van der Waals surface area contributed by atoms with Crippen molar-refractivity contribution in [2.24, 2.45) is 0 Å². The Morgan fingerprint density at radius 2 is 1.75 bits per heavy atom. The summed E-state index contributed by atoms with van der Waals surface area (Å²) >= 11 is 0. The second-order valence-electron chi connectivity index (χ2n) is 4.52. The van der Waals surface area contributed by atoms with E-state index in [-0.39, 0.29) is 5.57 Å². The van der Waals surface area contributed by atoms with Gasteiger partial charge >= 0.3 is 11.9 Å². The van der Waals surface area contributed by atoms with Crippen LogP contribution >= 0.6 is 0 Å². The molecule has 0 atom stereocenters. The first-order chi connectivity index (χ1) is 9.48. The molecule has 5 heteroatoms. The van der Waals surface area contributed by atoms with Gasteiger partial charge in [0, 0.05) is 13.8 Å². The fraction of sp³-hybridized carbons (Fsp3) is 0.200. The molecule has 1 aromatic rings. The Balaban J connectivity index is 2.00. The van der Waals surface area contributed by atoms with Crippen LogP contribution in [0.2, 0.25) is 0 Å². The van der Waals surface area contributed by atoms with Crippen molar-refractivity contribution in [3.05, 3.63) is 54.0 Å². The number of rotatable bonds is 3. The lowest BCUT2D eigenvalue weighted by Crippen LogP contribution is -2.41. The van der Waals surface area contributed by atoms with Crippen molar-refractivity contribution in [3.8, 4) is 0 Å². The normalized spacial score (nSPS) is 18.4. The van der Waals surface area contributed by atoms with Crippen LogP contribution in [0.3, 0.4) is 0 Å². The molecule has 0 N–H and O–H groups in total. The summed E-state index contributed by atoms with van der Waals surface area (Å²) < 4.78 is 15.0. The van der Waals surface area contributed by atoms with Gasteiger partial charge in [0.05, 0.1) is 6.26 Å². The van der Waals surface area contributed by atoms with Gasteiger partial charge in [-0.05, 0) is 24.3 Å². The van der Waals surface area contributed by atoms with E-state index in [1.807, 2.05) is 0 Å². The number of carbonyl (C=O) groups is 2. The molecule has 0 aromatic carbocycles. The van der Waals surface area contributed by atoms with Crippen molar-refractivity contribution in [1.82, 2.24) is 0 Å². The number of furan rings is 1. The third kappa shape index (κ3) is 3.47. The largest absolute Gasteiger partial charge is 0.465 e. The Morgan fingerprint density at radius 1 is 1.05 bits per heavy atom. The lowest BCUT2D eigenvalue weighted by molar-refractivity contribution is -0.222. The molecule has 0 unspecified atom stereocenters. The van der Waals surface area contributed by atoms with Crippen LogP contribution in [0.25, 0.3) is 6.08 Å². The molecule has 0 aliphatic carbocycles. The number of ether oxygens (including phenoxy) is 2. The van der Waals surface area contributed by atoms with E-state index in [2.05, 4.69) is 0 Å². The topological polar surface area (TPSA) is 65.7 Å². The van der Waals surface area contributed by atoms with Crippen molar-refractivity contribution in [1.29, 1.82) is 0 Å². The highest BCUT2D eigenvalue weighted by Crippen LogP contribution is 2.22. The van der Waals surface area contributed by atoms with Gasteiger partial charge in [0.25, 0.3) is 5.79 Å². The maximum Gasteiger partial charge on any atom is 0.348 e. The SMILES string of the molecule is CC1(C)OC(=O)C(=CC=CC=Cc2ccco2)C(=O)O1. The van der Waals surface area contributed by atoms with E-state index in [9.17, 15) is 9.59 Å². The van der Waals surface area contributed by atoms with Gasteiger partial charge < -0.3 is 13.9 Å². The van der Waals surface area contributed by atoms with Crippen LogP contribution in [0.1, 0.15) is 19.6 Å². The average molecular weight is 274 g/mol. The minimum absolute atomic E-state index is 0.132. The molecule has 1 aromatic heterocycles. The molecule has 1 aliphatic heterocycles. The van der Waals surface area contributed by atoms with Crippen LogP contribution in [-0.4, -0.2) is 17.7 Å². The molecule has 0 bridgehead atoms. The van der Waals surface area contributed by atoms with Crippen molar-refractivity contribution >= 4 is 18.0 Å². The summed E-state index contributed by atoms with van der Waals surface area (Å²) in [7, 11) is 0. The minimum Gasteiger partial charge on any atom is -0.465 e. The maximum atomic E-state index is 11.6. The zero-order valence-electron chi connectivity index (χ0n) is 11.2. The van der Waals surface area contributed by atoms with Crippen molar-refractivity contribution in [2.45, 2.75) is 19.6 Å². The lowest BCUT2D eigenvalue weighted by Gasteiger charge is -2.29. The molecule has 0 saturated carbocycles. The van der Waals surface area contributed by atoms with Crippen LogP contribution in [0.4, 0.5) is 0 Å². The molecule has 0 radical (unpaired) electrons. The highest BCUT2D eigenvalue weighted by Gasteiger charge is 2.38. The molecule has 104 valence electrons. The second-order valence-corrected chi connectivity index (χ2v) is 4.52. The molecule has 2 rings (SSSR count). The van der Waals surface area contributed by atoms with Gasteiger partial charge in [-0.2, -0.15) is 0 Å². The summed E-state index contributed by atoms with van der Waals surface area (Å²) in [5.74, 6) is -1.88. The first-order valence-corrected chi connectivity index (χ1v) is 6.03. The van der Waals surface area contributed by atoms with Gasteiger partial charge in [0.1, 0.15) is 11.3 Å². The minimum atomic E-state index is -1.21. The number of hydrogen-bond acceptors (Lipinski definition) is 5. The molecule has 20 heavy (non-hydrogen) atoms. The number of allylic oxidation sites excluding steroid dienone is 4. The van der Waals surface area contributed by atoms with E-state index in [4.69, 9.17) is 13.9 Å². The van der Waals surface area contributed by atoms with E-state index in [0.29, 0.717) is 5.76 Å². The van der Waals surface area contributed by atoms with Gasteiger partial charge in [-0.25, -0.2) is 9.59 Å². The molecule has 1 saturated heterocycles. The summed E-state index contributed by atoms with van der Waals surface area (Å²) in [6.07, 6.45) is 9.61. The summed E-state index contributed by atoms with van der Waals surface area (Å²) in [6, 6.07) is 3.59. The van der Waals surface area contributed by atoms with E-state index in [1.165, 1.54) is 19.9 Å². The number of carbonyl (C=O) groups excluding carboxylic acids is 2. The Morgan fingerprint density at radius 3 is 2.35 bits per heavy atom. The number of hydrogen-bond donors (Lipinski definition) is 0. The van der Waals surface area contributed by atoms with Crippen LogP contribution in [0, 0.1) is 0 Å². The van der Waals surface area contributed by atoms with Crippen molar-refractivity contribution in [2.75, 3.05) is 0 Å². The summed E-state index contributed by atoms with van der Waals surface area (Å²) in [5.41, 5.74) is -0.132. The van der Waals surface area contributed by atoms with E-state index in [0.717, 1.165) is 0 Å². The van der Waals surface area contributed by atoms with Crippen LogP contribution in [0.15, 0.2) is 52.7 Å². The first-order valence-electron chi connectivity index (χ1n) is 6.03. The van der Waals surface area contributed by atoms with Crippen molar-refractivity contribution in [3.63, 3.8) is 0 Å². The summed E-state index contributed by atoms with van der Waals surface area (Å²) in [6.45, 7) is 3.00.